The molecular formula is C20H13ClN2. The third-order valence-corrected chi connectivity index (χ3v) is 4.14. The van der Waals surface area contributed by atoms with Crippen molar-refractivity contribution in [1.29, 1.82) is 0 Å². The van der Waals surface area contributed by atoms with Crippen molar-refractivity contribution in [2.24, 2.45) is 10.2 Å². The highest BCUT2D eigenvalue weighted by molar-refractivity contribution is 6.30. The summed E-state index contributed by atoms with van der Waals surface area (Å²) >= 11 is 5.89. The van der Waals surface area contributed by atoms with E-state index in [9.17, 15) is 0 Å². The molecule has 0 radical (unpaired) electrons. The van der Waals surface area contributed by atoms with Crippen LogP contribution in [-0.4, -0.2) is 11.9 Å². The van der Waals surface area contributed by atoms with E-state index in [1.165, 1.54) is 11.1 Å². The fraction of sp³-hybridized carbons (Fsp3) is 0. The molecule has 0 unspecified atom stereocenters. The summed E-state index contributed by atoms with van der Waals surface area (Å²) in [6.45, 7) is 0. The van der Waals surface area contributed by atoms with Gasteiger partial charge in [0.15, 0.2) is 0 Å². The number of rotatable bonds is 2. The molecule has 0 bridgehead atoms. The first kappa shape index (κ1) is 13.9. The van der Waals surface area contributed by atoms with Crippen molar-refractivity contribution in [1.82, 2.24) is 0 Å². The van der Waals surface area contributed by atoms with Crippen LogP contribution in [0.3, 0.4) is 0 Å². The van der Waals surface area contributed by atoms with Gasteiger partial charge in [0.25, 0.3) is 0 Å². The van der Waals surface area contributed by atoms with E-state index in [0.29, 0.717) is 5.02 Å². The van der Waals surface area contributed by atoms with Crippen molar-refractivity contribution in [3.63, 3.8) is 0 Å². The fourth-order valence-electron chi connectivity index (χ4n) is 2.80. The topological polar surface area (TPSA) is 24.7 Å². The van der Waals surface area contributed by atoms with E-state index in [1.807, 2.05) is 36.4 Å². The molecule has 4 rings (SSSR count). The first-order chi connectivity index (χ1) is 11.3. The molecule has 110 valence electrons. The third kappa shape index (κ3) is 2.58. The van der Waals surface area contributed by atoms with Crippen molar-refractivity contribution in [2.75, 3.05) is 0 Å². The molecule has 0 saturated carbocycles. The minimum Gasteiger partial charge on any atom is -0.158 e. The number of benzene rings is 3. The van der Waals surface area contributed by atoms with E-state index < -0.39 is 0 Å². The molecule has 23 heavy (non-hydrogen) atoms. The quantitative estimate of drug-likeness (QED) is 0.359. The maximum Gasteiger partial charge on any atom is 0.101 e. The normalized spacial score (nSPS) is 12.3. The second-order valence-electron chi connectivity index (χ2n) is 5.34. The number of halogens is 1. The SMILES string of the molecule is Clc1ccc(/C=N\N=C2c3ccccc3-c3ccccc32)cc1. The summed E-state index contributed by atoms with van der Waals surface area (Å²) in [6.07, 6.45) is 1.74. The molecule has 1 aliphatic carbocycles. The lowest BCUT2D eigenvalue weighted by Gasteiger charge is -1.98. The van der Waals surface area contributed by atoms with Gasteiger partial charge in [-0.1, -0.05) is 72.3 Å². The zero-order valence-electron chi connectivity index (χ0n) is 12.3. The highest BCUT2D eigenvalue weighted by atomic mass is 35.5. The molecular weight excluding hydrogens is 304 g/mol. The monoisotopic (exact) mass is 316 g/mol. The molecule has 0 aromatic heterocycles. The van der Waals surface area contributed by atoms with Gasteiger partial charge in [-0.05, 0) is 28.8 Å². The van der Waals surface area contributed by atoms with Crippen LogP contribution in [0.4, 0.5) is 0 Å². The van der Waals surface area contributed by atoms with Gasteiger partial charge in [-0.25, -0.2) is 0 Å². The average molecular weight is 317 g/mol. The maximum atomic E-state index is 5.89. The predicted molar refractivity (Wildman–Crippen MR) is 96.6 cm³/mol. The van der Waals surface area contributed by atoms with Crippen LogP contribution in [0.25, 0.3) is 11.1 Å². The molecule has 0 amide bonds. The highest BCUT2D eigenvalue weighted by Crippen LogP contribution is 2.36. The van der Waals surface area contributed by atoms with Crippen LogP contribution in [0.1, 0.15) is 16.7 Å². The van der Waals surface area contributed by atoms with Crippen molar-refractivity contribution in [2.45, 2.75) is 0 Å². The Morgan fingerprint density at radius 2 is 1.17 bits per heavy atom. The molecule has 3 heteroatoms. The molecule has 2 nitrogen and oxygen atoms in total. The van der Waals surface area contributed by atoms with Gasteiger partial charge in [-0.15, -0.1) is 5.10 Å². The van der Waals surface area contributed by atoms with Gasteiger partial charge in [-0.3, -0.25) is 0 Å². The molecule has 3 aromatic rings. The summed E-state index contributed by atoms with van der Waals surface area (Å²) in [5.74, 6) is 0. The summed E-state index contributed by atoms with van der Waals surface area (Å²) in [4.78, 5) is 0. The van der Waals surface area contributed by atoms with Gasteiger partial charge >= 0.3 is 0 Å². The van der Waals surface area contributed by atoms with Gasteiger partial charge in [0, 0.05) is 16.1 Å². The van der Waals surface area contributed by atoms with E-state index in [2.05, 4.69) is 46.6 Å². The average Bonchev–Trinajstić information content (AvgIpc) is 2.91. The number of fused-ring (bicyclic) bond motifs is 3. The standard InChI is InChI=1S/C20H13ClN2/c21-15-11-9-14(10-12-15)13-22-23-20-18-7-3-1-5-16(18)17-6-2-4-8-19(17)20/h1-13H/b22-13-. The van der Waals surface area contributed by atoms with E-state index in [1.54, 1.807) is 6.21 Å². The van der Waals surface area contributed by atoms with Gasteiger partial charge in [-0.2, -0.15) is 5.10 Å². The van der Waals surface area contributed by atoms with E-state index >= 15 is 0 Å². The number of hydrogen-bond acceptors (Lipinski definition) is 2. The van der Waals surface area contributed by atoms with E-state index in [0.717, 1.165) is 22.4 Å². The summed E-state index contributed by atoms with van der Waals surface area (Å²) in [5.41, 5.74) is 6.57. The van der Waals surface area contributed by atoms with E-state index in [4.69, 9.17) is 11.6 Å². The summed E-state index contributed by atoms with van der Waals surface area (Å²) < 4.78 is 0. The first-order valence-corrected chi connectivity index (χ1v) is 7.76. The van der Waals surface area contributed by atoms with Crippen LogP contribution < -0.4 is 0 Å². The van der Waals surface area contributed by atoms with Crippen molar-refractivity contribution >= 4 is 23.5 Å². The predicted octanol–water partition coefficient (Wildman–Crippen LogP) is 5.19. The Morgan fingerprint density at radius 1 is 0.652 bits per heavy atom. The van der Waals surface area contributed by atoms with Crippen LogP contribution in [0.2, 0.25) is 5.02 Å². The molecule has 0 heterocycles. The van der Waals surface area contributed by atoms with Gasteiger partial charge in [0.1, 0.15) is 5.71 Å². The zero-order valence-corrected chi connectivity index (χ0v) is 13.0. The fourth-order valence-corrected chi connectivity index (χ4v) is 2.93. The Kier molecular flexibility index (Phi) is 3.52. The molecule has 3 aromatic carbocycles. The Bertz CT molecular complexity index is 877. The lowest BCUT2D eigenvalue weighted by Crippen LogP contribution is -1.97. The Labute approximate surface area is 139 Å². The lowest BCUT2D eigenvalue weighted by molar-refractivity contribution is 1.25. The van der Waals surface area contributed by atoms with Crippen LogP contribution in [0.5, 0.6) is 0 Å². The second-order valence-corrected chi connectivity index (χ2v) is 5.77. The number of hydrogen-bond donors (Lipinski definition) is 0. The third-order valence-electron chi connectivity index (χ3n) is 3.89. The van der Waals surface area contributed by atoms with Crippen molar-refractivity contribution in [3.05, 3.63) is 94.5 Å². The minimum absolute atomic E-state index is 0.715. The van der Waals surface area contributed by atoms with Crippen molar-refractivity contribution < 1.29 is 0 Å². The van der Waals surface area contributed by atoms with E-state index in [-0.39, 0.29) is 0 Å². The minimum atomic E-state index is 0.715. The van der Waals surface area contributed by atoms with Gasteiger partial charge in [0.2, 0.25) is 0 Å². The van der Waals surface area contributed by atoms with Gasteiger partial charge in [0.05, 0.1) is 6.21 Å². The van der Waals surface area contributed by atoms with Crippen LogP contribution in [0.15, 0.2) is 83.0 Å². The highest BCUT2D eigenvalue weighted by Gasteiger charge is 2.23. The largest absolute Gasteiger partial charge is 0.158 e. The molecule has 1 aliphatic rings. The molecule has 0 aliphatic heterocycles. The summed E-state index contributed by atoms with van der Waals surface area (Å²) in [6, 6.07) is 24.1. The maximum absolute atomic E-state index is 5.89. The first-order valence-electron chi connectivity index (χ1n) is 7.39. The van der Waals surface area contributed by atoms with Crippen LogP contribution in [-0.2, 0) is 0 Å². The molecule has 0 saturated heterocycles. The lowest BCUT2D eigenvalue weighted by atomic mass is 10.1. The Hall–Kier alpha value is -2.71. The Morgan fingerprint density at radius 3 is 1.74 bits per heavy atom. The molecule has 0 N–H and O–H groups in total. The summed E-state index contributed by atoms with van der Waals surface area (Å²) in [5, 5.41) is 9.46. The Balaban J connectivity index is 1.75. The molecule has 0 fully saturated rings. The van der Waals surface area contributed by atoms with Crippen LogP contribution >= 0.6 is 11.6 Å². The van der Waals surface area contributed by atoms with Crippen LogP contribution in [0, 0.1) is 0 Å². The molecule has 0 atom stereocenters. The van der Waals surface area contributed by atoms with Gasteiger partial charge < -0.3 is 0 Å². The van der Waals surface area contributed by atoms with Crippen molar-refractivity contribution in [3.8, 4) is 11.1 Å². The smallest absolute Gasteiger partial charge is 0.101 e. The second kappa shape index (κ2) is 5.82. The molecule has 0 spiro atoms. The number of nitrogens with zero attached hydrogens (tertiary/aromatic N) is 2. The summed E-state index contributed by atoms with van der Waals surface area (Å²) in [7, 11) is 0. The zero-order chi connectivity index (χ0) is 15.6.